The summed E-state index contributed by atoms with van der Waals surface area (Å²) in [7, 11) is 0. The summed E-state index contributed by atoms with van der Waals surface area (Å²) in [5, 5.41) is 8.85. The maximum atomic E-state index is 10.9. The average molecular weight is 201 g/mol. The summed E-state index contributed by atoms with van der Waals surface area (Å²) in [5.41, 5.74) is 1.22. The quantitative estimate of drug-likeness (QED) is 0.735. The smallest absolute Gasteiger partial charge is 0.131 e. The number of rotatable bonds is 5. The molecule has 15 heavy (non-hydrogen) atoms. The van der Waals surface area contributed by atoms with Crippen LogP contribution in [0.1, 0.15) is 25.3 Å². The topological polar surface area (TPSA) is 40.9 Å². The summed E-state index contributed by atoms with van der Waals surface area (Å²) in [5.74, 6) is -0.0442. The van der Waals surface area contributed by atoms with Crippen LogP contribution in [-0.4, -0.2) is 5.78 Å². The molecule has 0 fully saturated rings. The second-order valence-electron chi connectivity index (χ2n) is 3.76. The zero-order valence-corrected chi connectivity index (χ0v) is 8.94. The molecule has 78 valence electrons. The molecule has 0 heterocycles. The summed E-state index contributed by atoms with van der Waals surface area (Å²) in [6.45, 7) is 1.53. The van der Waals surface area contributed by atoms with Gasteiger partial charge in [0.05, 0.1) is 12.0 Å². The molecule has 0 radical (unpaired) electrons. The molecule has 2 nitrogen and oxygen atoms in total. The Morgan fingerprint density at radius 2 is 2.07 bits per heavy atom. The number of Topliss-reactive ketones (excluding diaryl/α,β-unsaturated/α-hetero) is 1. The Balaban J connectivity index is 2.42. The Bertz CT molecular complexity index is 351. The molecular weight excluding hydrogens is 186 g/mol. The van der Waals surface area contributed by atoms with Crippen LogP contribution < -0.4 is 0 Å². The predicted octanol–water partition coefficient (Wildman–Crippen LogP) is 2.74. The van der Waals surface area contributed by atoms with Crippen LogP contribution in [0.15, 0.2) is 30.3 Å². The fraction of sp³-hybridized carbons (Fsp3) is 0.385. The predicted molar refractivity (Wildman–Crippen MR) is 59.2 cm³/mol. The highest BCUT2D eigenvalue weighted by Crippen LogP contribution is 2.12. The minimum atomic E-state index is -0.136. The molecule has 0 aliphatic carbocycles. The van der Waals surface area contributed by atoms with E-state index in [0.29, 0.717) is 6.42 Å². The van der Waals surface area contributed by atoms with Gasteiger partial charge in [-0.15, -0.1) is 0 Å². The fourth-order valence-corrected chi connectivity index (χ4v) is 1.54. The van der Waals surface area contributed by atoms with Crippen molar-refractivity contribution in [3.63, 3.8) is 0 Å². The second-order valence-corrected chi connectivity index (χ2v) is 3.76. The highest BCUT2D eigenvalue weighted by molar-refractivity contribution is 5.76. The monoisotopic (exact) mass is 201 g/mol. The van der Waals surface area contributed by atoms with Gasteiger partial charge in [0.1, 0.15) is 5.78 Å². The molecule has 0 aromatic heterocycles. The molecule has 0 aliphatic heterocycles. The normalized spacial score (nSPS) is 11.7. The van der Waals surface area contributed by atoms with Crippen LogP contribution in [-0.2, 0) is 11.2 Å². The maximum Gasteiger partial charge on any atom is 0.131 e. The zero-order chi connectivity index (χ0) is 11.1. The number of benzene rings is 1. The minimum Gasteiger partial charge on any atom is -0.300 e. The average Bonchev–Trinajstić information content (AvgIpc) is 2.25. The van der Waals surface area contributed by atoms with Gasteiger partial charge in [0.2, 0.25) is 0 Å². The highest BCUT2D eigenvalue weighted by Gasteiger charge is 2.09. The van der Waals surface area contributed by atoms with E-state index < -0.39 is 0 Å². The van der Waals surface area contributed by atoms with E-state index in [-0.39, 0.29) is 11.7 Å². The van der Waals surface area contributed by atoms with Crippen LogP contribution >= 0.6 is 0 Å². The summed E-state index contributed by atoms with van der Waals surface area (Å²) < 4.78 is 0. The van der Waals surface area contributed by atoms with Gasteiger partial charge in [-0.1, -0.05) is 30.3 Å². The third-order valence-corrected chi connectivity index (χ3v) is 2.34. The van der Waals surface area contributed by atoms with Gasteiger partial charge in [-0.3, -0.25) is 4.79 Å². The van der Waals surface area contributed by atoms with Crippen molar-refractivity contribution in [1.29, 1.82) is 5.26 Å². The first-order valence-electron chi connectivity index (χ1n) is 5.15. The van der Waals surface area contributed by atoms with Crippen molar-refractivity contribution in [3.05, 3.63) is 35.9 Å². The lowest BCUT2D eigenvalue weighted by molar-refractivity contribution is -0.117. The van der Waals surface area contributed by atoms with Crippen molar-refractivity contribution in [2.75, 3.05) is 0 Å². The molecule has 1 rings (SSSR count). The van der Waals surface area contributed by atoms with Crippen molar-refractivity contribution in [1.82, 2.24) is 0 Å². The third-order valence-electron chi connectivity index (χ3n) is 2.34. The van der Waals surface area contributed by atoms with Crippen LogP contribution in [0.4, 0.5) is 0 Å². The summed E-state index contributed by atoms with van der Waals surface area (Å²) in [6, 6.07) is 12.2. The molecule has 0 aliphatic rings. The van der Waals surface area contributed by atoms with Gasteiger partial charge in [-0.25, -0.2) is 0 Å². The molecule has 0 saturated heterocycles. The summed E-state index contributed by atoms with van der Waals surface area (Å²) >= 11 is 0. The molecular formula is C13H15NO. The largest absolute Gasteiger partial charge is 0.300 e. The van der Waals surface area contributed by atoms with Crippen molar-refractivity contribution >= 4 is 5.78 Å². The van der Waals surface area contributed by atoms with E-state index in [2.05, 4.69) is 6.07 Å². The van der Waals surface area contributed by atoms with Crippen LogP contribution in [0.2, 0.25) is 0 Å². The van der Waals surface area contributed by atoms with E-state index in [1.807, 2.05) is 30.3 Å². The van der Waals surface area contributed by atoms with Crippen LogP contribution in [0.3, 0.4) is 0 Å². The molecule has 1 aromatic carbocycles. The van der Waals surface area contributed by atoms with Gasteiger partial charge in [0.25, 0.3) is 0 Å². The molecule has 0 amide bonds. The second kappa shape index (κ2) is 5.98. The van der Waals surface area contributed by atoms with Gasteiger partial charge in [-0.05, 0) is 25.3 Å². The van der Waals surface area contributed by atoms with Crippen molar-refractivity contribution in [2.45, 2.75) is 26.2 Å². The number of carbonyl (C=O) groups is 1. The Kier molecular flexibility index (Phi) is 4.56. The van der Waals surface area contributed by atoms with Gasteiger partial charge < -0.3 is 0 Å². The number of hydrogen-bond donors (Lipinski definition) is 0. The van der Waals surface area contributed by atoms with Crippen LogP contribution in [0, 0.1) is 17.2 Å². The standard InChI is InChI=1S/C13H15NO/c1-11(15)9-13(10-14)8-7-12-5-3-2-4-6-12/h2-6,13H,7-9H2,1H3/t13-/m0/s1. The summed E-state index contributed by atoms with van der Waals surface area (Å²) in [6.07, 6.45) is 2.01. The Labute approximate surface area is 90.5 Å². The number of nitrogens with zero attached hydrogens (tertiary/aromatic N) is 1. The van der Waals surface area contributed by atoms with E-state index in [4.69, 9.17) is 5.26 Å². The number of carbonyl (C=O) groups excluding carboxylic acids is 1. The summed E-state index contributed by atoms with van der Waals surface area (Å²) in [4.78, 5) is 10.9. The van der Waals surface area contributed by atoms with Crippen LogP contribution in [0.25, 0.3) is 0 Å². The van der Waals surface area contributed by atoms with Crippen molar-refractivity contribution < 1.29 is 4.79 Å². The van der Waals surface area contributed by atoms with E-state index in [1.54, 1.807) is 0 Å². The van der Waals surface area contributed by atoms with E-state index in [1.165, 1.54) is 12.5 Å². The number of hydrogen-bond acceptors (Lipinski definition) is 2. The number of aryl methyl sites for hydroxylation is 1. The van der Waals surface area contributed by atoms with Crippen molar-refractivity contribution in [2.24, 2.45) is 5.92 Å². The molecule has 1 aromatic rings. The van der Waals surface area contributed by atoms with Crippen LogP contribution in [0.5, 0.6) is 0 Å². The molecule has 0 unspecified atom stereocenters. The first-order chi connectivity index (χ1) is 7.22. The lowest BCUT2D eigenvalue weighted by Crippen LogP contribution is -2.04. The number of ketones is 1. The van der Waals surface area contributed by atoms with E-state index in [0.717, 1.165) is 12.8 Å². The lowest BCUT2D eigenvalue weighted by Gasteiger charge is -2.06. The minimum absolute atomic E-state index is 0.0922. The maximum absolute atomic E-state index is 10.9. The molecule has 0 bridgehead atoms. The Hall–Kier alpha value is -1.62. The molecule has 0 saturated carbocycles. The van der Waals surface area contributed by atoms with Gasteiger partial charge in [0, 0.05) is 6.42 Å². The first-order valence-corrected chi connectivity index (χ1v) is 5.15. The van der Waals surface area contributed by atoms with Gasteiger partial charge in [-0.2, -0.15) is 5.26 Å². The van der Waals surface area contributed by atoms with E-state index in [9.17, 15) is 4.79 Å². The lowest BCUT2D eigenvalue weighted by atomic mass is 9.96. The van der Waals surface area contributed by atoms with Gasteiger partial charge >= 0.3 is 0 Å². The Morgan fingerprint density at radius 3 is 2.60 bits per heavy atom. The SMILES string of the molecule is CC(=O)C[C@@H](C#N)CCc1ccccc1. The molecule has 0 spiro atoms. The highest BCUT2D eigenvalue weighted by atomic mass is 16.1. The van der Waals surface area contributed by atoms with E-state index >= 15 is 0 Å². The number of nitriles is 1. The fourth-order valence-electron chi connectivity index (χ4n) is 1.54. The Morgan fingerprint density at radius 1 is 1.40 bits per heavy atom. The van der Waals surface area contributed by atoms with Crippen molar-refractivity contribution in [3.8, 4) is 6.07 Å². The molecule has 1 atom stereocenters. The molecule has 2 heteroatoms. The third kappa shape index (κ3) is 4.42. The molecule has 0 N–H and O–H groups in total. The zero-order valence-electron chi connectivity index (χ0n) is 8.94. The first kappa shape index (κ1) is 11.5. The van der Waals surface area contributed by atoms with Gasteiger partial charge in [0.15, 0.2) is 0 Å².